The van der Waals surface area contributed by atoms with Crippen molar-refractivity contribution in [1.82, 2.24) is 0 Å². The standard InChI is InChI=1S/C24H29NO5/c1-3-14-5-7-15(8-6-14)9-17-11-18(10-16(4-2)19(17)12-25)24-23(29)22(28)21(27)20(13-26)30-24/h5-8,10-11,20-24,26-29H,3-4,9,13H2,1-2H3/t20-,21-,22+,23-,24+/m1/s1. The summed E-state index contributed by atoms with van der Waals surface area (Å²) in [6, 6.07) is 14.2. The normalized spacial score (nSPS) is 26.4. The van der Waals surface area contributed by atoms with Crippen LogP contribution < -0.4 is 0 Å². The molecule has 1 heterocycles. The van der Waals surface area contributed by atoms with Gasteiger partial charge in [-0.2, -0.15) is 5.26 Å². The maximum atomic E-state index is 10.5. The van der Waals surface area contributed by atoms with Gasteiger partial charge in [-0.3, -0.25) is 0 Å². The SMILES string of the molecule is CCc1ccc(Cc2cc([C@@H]3O[C@H](CO)[C@@H](O)[C@H](O)[C@H]3O)cc(CC)c2C#N)cc1. The van der Waals surface area contributed by atoms with Crippen LogP contribution in [0.3, 0.4) is 0 Å². The molecule has 0 saturated carbocycles. The highest BCUT2D eigenvalue weighted by atomic mass is 16.5. The lowest BCUT2D eigenvalue weighted by Gasteiger charge is -2.40. The van der Waals surface area contributed by atoms with E-state index in [1.165, 1.54) is 5.56 Å². The number of rotatable bonds is 6. The molecule has 30 heavy (non-hydrogen) atoms. The van der Waals surface area contributed by atoms with Gasteiger partial charge in [0, 0.05) is 0 Å². The predicted octanol–water partition coefficient (Wildman–Crippen LogP) is 1.79. The van der Waals surface area contributed by atoms with Crippen LogP contribution in [0.4, 0.5) is 0 Å². The van der Waals surface area contributed by atoms with Crippen molar-refractivity contribution in [3.05, 3.63) is 69.8 Å². The third kappa shape index (κ3) is 4.41. The van der Waals surface area contributed by atoms with Gasteiger partial charge in [0.2, 0.25) is 0 Å². The Kier molecular flexibility index (Phi) is 7.24. The molecule has 5 atom stereocenters. The molecule has 1 aliphatic rings. The van der Waals surface area contributed by atoms with E-state index in [-0.39, 0.29) is 0 Å². The van der Waals surface area contributed by atoms with Crippen molar-refractivity contribution in [2.45, 2.75) is 63.6 Å². The molecule has 0 aromatic heterocycles. The molecule has 1 fully saturated rings. The third-order valence-electron chi connectivity index (χ3n) is 5.86. The molecule has 1 saturated heterocycles. The summed E-state index contributed by atoms with van der Waals surface area (Å²) < 4.78 is 5.73. The molecule has 2 aromatic carbocycles. The highest BCUT2D eigenvalue weighted by Gasteiger charge is 2.44. The molecule has 6 nitrogen and oxygen atoms in total. The van der Waals surface area contributed by atoms with Gasteiger partial charge in [0.05, 0.1) is 18.2 Å². The topological polar surface area (TPSA) is 114 Å². The summed E-state index contributed by atoms with van der Waals surface area (Å²) in [5.41, 5.74) is 5.16. The Morgan fingerprint density at radius 1 is 0.900 bits per heavy atom. The Bertz CT molecular complexity index is 903. The predicted molar refractivity (Wildman–Crippen MR) is 112 cm³/mol. The van der Waals surface area contributed by atoms with Crippen LogP contribution in [-0.2, 0) is 24.0 Å². The lowest BCUT2D eigenvalue weighted by atomic mass is 9.86. The van der Waals surface area contributed by atoms with Crippen molar-refractivity contribution in [2.24, 2.45) is 0 Å². The van der Waals surface area contributed by atoms with Crippen LogP contribution in [0, 0.1) is 11.3 Å². The molecule has 0 unspecified atom stereocenters. The van der Waals surface area contributed by atoms with E-state index in [0.29, 0.717) is 24.0 Å². The summed E-state index contributed by atoms with van der Waals surface area (Å²) in [7, 11) is 0. The summed E-state index contributed by atoms with van der Waals surface area (Å²) in [6.45, 7) is 3.57. The van der Waals surface area contributed by atoms with Crippen LogP contribution >= 0.6 is 0 Å². The van der Waals surface area contributed by atoms with Crippen molar-refractivity contribution < 1.29 is 25.2 Å². The van der Waals surface area contributed by atoms with Gasteiger partial charge in [0.1, 0.15) is 30.5 Å². The fourth-order valence-electron chi connectivity index (χ4n) is 4.01. The largest absolute Gasteiger partial charge is 0.394 e. The first-order valence-corrected chi connectivity index (χ1v) is 10.4. The van der Waals surface area contributed by atoms with E-state index >= 15 is 0 Å². The summed E-state index contributed by atoms with van der Waals surface area (Å²) in [5.74, 6) is 0. The van der Waals surface area contributed by atoms with E-state index < -0.39 is 37.1 Å². The number of aliphatic hydroxyl groups excluding tert-OH is 4. The Morgan fingerprint density at radius 2 is 1.53 bits per heavy atom. The Hall–Kier alpha value is -2.27. The lowest BCUT2D eigenvalue weighted by molar-refractivity contribution is -0.231. The molecule has 1 aliphatic heterocycles. The second-order valence-electron chi connectivity index (χ2n) is 7.78. The summed E-state index contributed by atoms with van der Waals surface area (Å²) in [6.07, 6.45) is -3.96. The van der Waals surface area contributed by atoms with Crippen LogP contribution in [-0.4, -0.2) is 51.4 Å². The lowest BCUT2D eigenvalue weighted by Crippen LogP contribution is -2.55. The van der Waals surface area contributed by atoms with Crippen LogP contribution in [0.25, 0.3) is 0 Å². The third-order valence-corrected chi connectivity index (χ3v) is 5.86. The number of aryl methyl sites for hydroxylation is 2. The number of hydrogen-bond donors (Lipinski definition) is 4. The number of ether oxygens (including phenoxy) is 1. The molecular formula is C24H29NO5. The molecule has 160 valence electrons. The first-order valence-electron chi connectivity index (χ1n) is 10.4. The second kappa shape index (κ2) is 9.69. The molecule has 4 N–H and O–H groups in total. The monoisotopic (exact) mass is 411 g/mol. The maximum Gasteiger partial charge on any atom is 0.113 e. The van der Waals surface area contributed by atoms with E-state index in [9.17, 15) is 25.7 Å². The van der Waals surface area contributed by atoms with Crippen molar-refractivity contribution in [2.75, 3.05) is 6.61 Å². The van der Waals surface area contributed by atoms with Gasteiger partial charge in [0.15, 0.2) is 0 Å². The molecule has 0 spiro atoms. The van der Waals surface area contributed by atoms with Gasteiger partial charge in [-0.05, 0) is 47.1 Å². The Balaban J connectivity index is 2.01. The number of aliphatic hydroxyl groups is 4. The van der Waals surface area contributed by atoms with Gasteiger partial charge in [0.25, 0.3) is 0 Å². The van der Waals surface area contributed by atoms with E-state index in [1.807, 2.05) is 25.1 Å². The highest BCUT2D eigenvalue weighted by molar-refractivity contribution is 5.49. The van der Waals surface area contributed by atoms with Crippen LogP contribution in [0.1, 0.15) is 53.3 Å². The van der Waals surface area contributed by atoms with Crippen molar-refractivity contribution >= 4 is 0 Å². The number of nitriles is 1. The summed E-state index contributed by atoms with van der Waals surface area (Å²) in [5, 5.41) is 50.0. The molecule has 0 aliphatic carbocycles. The van der Waals surface area contributed by atoms with Gasteiger partial charge in [-0.1, -0.05) is 50.2 Å². The average Bonchev–Trinajstić information content (AvgIpc) is 2.77. The quantitative estimate of drug-likeness (QED) is 0.576. The van der Waals surface area contributed by atoms with Gasteiger partial charge in [-0.15, -0.1) is 0 Å². The van der Waals surface area contributed by atoms with Gasteiger partial charge < -0.3 is 25.2 Å². The Morgan fingerprint density at radius 3 is 2.10 bits per heavy atom. The van der Waals surface area contributed by atoms with E-state index in [4.69, 9.17) is 4.74 Å². The average molecular weight is 411 g/mol. The zero-order valence-corrected chi connectivity index (χ0v) is 17.3. The van der Waals surface area contributed by atoms with Crippen LogP contribution in [0.5, 0.6) is 0 Å². The number of nitrogens with zero attached hydrogens (tertiary/aromatic N) is 1. The molecule has 0 radical (unpaired) electrons. The fraction of sp³-hybridized carbons (Fsp3) is 0.458. The Labute approximate surface area is 177 Å². The molecule has 0 amide bonds. The first-order chi connectivity index (χ1) is 14.4. The van der Waals surface area contributed by atoms with Gasteiger partial charge in [-0.25, -0.2) is 0 Å². The smallest absolute Gasteiger partial charge is 0.113 e. The van der Waals surface area contributed by atoms with Crippen molar-refractivity contribution in [1.29, 1.82) is 5.26 Å². The molecular weight excluding hydrogens is 382 g/mol. The highest BCUT2D eigenvalue weighted by Crippen LogP contribution is 2.35. The zero-order chi connectivity index (χ0) is 21.8. The molecule has 6 heteroatoms. The minimum Gasteiger partial charge on any atom is -0.394 e. The van der Waals surface area contributed by atoms with E-state index in [2.05, 4.69) is 25.1 Å². The minimum absolute atomic E-state index is 0.477. The van der Waals surface area contributed by atoms with Crippen molar-refractivity contribution in [3.63, 3.8) is 0 Å². The van der Waals surface area contributed by atoms with Gasteiger partial charge >= 0.3 is 0 Å². The minimum atomic E-state index is -1.44. The van der Waals surface area contributed by atoms with Crippen molar-refractivity contribution in [3.8, 4) is 6.07 Å². The molecule has 0 bridgehead atoms. The maximum absolute atomic E-state index is 10.5. The van der Waals surface area contributed by atoms with E-state index in [0.717, 1.165) is 23.1 Å². The second-order valence-corrected chi connectivity index (χ2v) is 7.78. The summed E-state index contributed by atoms with van der Waals surface area (Å²) in [4.78, 5) is 0. The first kappa shape index (κ1) is 22.4. The van der Waals surface area contributed by atoms with Crippen LogP contribution in [0.2, 0.25) is 0 Å². The fourth-order valence-corrected chi connectivity index (χ4v) is 4.01. The number of hydrogen-bond acceptors (Lipinski definition) is 6. The zero-order valence-electron chi connectivity index (χ0n) is 17.3. The number of benzene rings is 2. The summed E-state index contributed by atoms with van der Waals surface area (Å²) >= 11 is 0. The van der Waals surface area contributed by atoms with Crippen LogP contribution in [0.15, 0.2) is 36.4 Å². The molecule has 3 rings (SSSR count). The van der Waals surface area contributed by atoms with E-state index in [1.54, 1.807) is 6.07 Å². The molecule has 2 aromatic rings.